The lowest BCUT2D eigenvalue weighted by Crippen LogP contribution is -2.53. The van der Waals surface area contributed by atoms with Gasteiger partial charge in [0.05, 0.1) is 78.5 Å². The van der Waals surface area contributed by atoms with Gasteiger partial charge in [-0.3, -0.25) is 49.2 Å². The average molecular weight is 2000 g/mol. The van der Waals surface area contributed by atoms with E-state index in [1.807, 2.05) is 10.8 Å². The third-order valence-corrected chi connectivity index (χ3v) is 28.4. The lowest BCUT2D eigenvalue weighted by Gasteiger charge is -2.38. The number of carboxylic acids is 1. The van der Waals surface area contributed by atoms with E-state index >= 15 is 0 Å². The Morgan fingerprint density at radius 2 is 0.891 bits per heavy atom. The number of amides is 6. The summed E-state index contributed by atoms with van der Waals surface area (Å²) in [5.41, 5.74) is 5.43. The molecule has 18 rings (SSSR count). The number of halogens is 8. The largest absolute Gasteiger partial charge is 0.481 e. The highest BCUT2D eigenvalue weighted by atomic mass is 35.5. The predicted octanol–water partition coefficient (Wildman–Crippen LogP) is 12.8. The zero-order valence-corrected chi connectivity index (χ0v) is 79.8. The zero-order chi connectivity index (χ0) is 97.8. The number of rotatable bonds is 25. The molecule has 0 unspecified atom stereocenters. The summed E-state index contributed by atoms with van der Waals surface area (Å²) >= 11 is 23.5. The van der Waals surface area contributed by atoms with Crippen molar-refractivity contribution in [3.05, 3.63) is 276 Å². The maximum Gasteiger partial charge on any atom is 0.338 e. The van der Waals surface area contributed by atoms with Crippen molar-refractivity contribution in [3.8, 4) is 6.07 Å². The Kier molecular flexibility index (Phi) is 30.0. The number of aromatic nitrogens is 3. The topological polar surface area (TPSA) is 370 Å². The Bertz CT molecular complexity index is 6530. The number of benzene rings is 6. The van der Waals surface area contributed by atoms with Crippen molar-refractivity contribution >= 4 is 151 Å². The van der Waals surface area contributed by atoms with Gasteiger partial charge in [-0.25, -0.2) is 65.7 Å². The Labute approximate surface area is 815 Å². The van der Waals surface area contributed by atoms with Gasteiger partial charge in [-0.15, -0.1) is 34.0 Å². The van der Waals surface area contributed by atoms with E-state index in [4.69, 9.17) is 64.0 Å². The standard InChI is InChI=1S/C33H31ClFN7O5S.C32H31ClF2N6O4S.C30H29ClF2N6O4S/c1-33(2,31(44)45)19-4-7-25(18(12-19)14-36)42-16-21-15-40(9-10-41(21)32(42)46)17-24-26(30(43)47-3)27(22-6-5-20(35)13-23(22)34)39-28(38-24)29-37-8-11-48-29;1-18(42)3-4-19-11-21(35)13-22(12-19)41-16-23-15-39(8-9-40(23)32(41)44)17-26-27(31(43)45-2)28(24-6-5-20(34)14-25(24)33)38-29(37-26)30-36-7-10-46-30;1-43-29(41)25-23(35-27(28-34-7-11-44-28)36-26(25)20-4-3-18(32)13-21(20)31)16-37-8-9-38-19(14-37)15-39(30(38)42)24-5-2-17(6-10-40)12-22(24)33/h4-8,11-13,21,27H,9-10,15-17H2,1-3H3,(H,38,39)(H,44,45);5-7,10-14,23,28H,3-4,8-9,15-17H2,1-2H3,(H,37,38);2-5,7,11-13,19,26,40H,6,8-10,14-16H2,1H3,(H,35,36)/t21-,27-;23-,28-;19-,26-/m000/s1. The number of aryl methyl sites for hydroxylation is 1. The molecular formula is C95H91Cl3F5N19O13S3. The normalized spacial score (nSPS) is 20.1. The number of aliphatic carboxylic acids is 1. The van der Waals surface area contributed by atoms with Crippen molar-refractivity contribution in [2.24, 2.45) is 15.0 Å². The summed E-state index contributed by atoms with van der Waals surface area (Å²) in [5, 5.41) is 46.2. The molecule has 6 amide bonds. The fourth-order valence-electron chi connectivity index (χ4n) is 18.1. The average Bonchev–Trinajstić information content (AvgIpc) is 1.68. The lowest BCUT2D eigenvalue weighted by molar-refractivity contribution is -0.142. The van der Waals surface area contributed by atoms with E-state index in [1.165, 1.54) is 146 Å². The Morgan fingerprint density at radius 1 is 0.493 bits per heavy atom. The number of nitriles is 1. The number of nitrogens with one attached hydrogen (secondary N) is 3. The highest BCUT2D eigenvalue weighted by Crippen LogP contribution is 2.44. The fraction of sp³-hybridized carbons (Fsp3) is 0.337. The number of carbonyl (C=O) groups is 8. The molecule has 43 heteroatoms. The van der Waals surface area contributed by atoms with Crippen LogP contribution in [0, 0.1) is 40.4 Å². The van der Waals surface area contributed by atoms with Crippen LogP contribution in [0.1, 0.15) is 99.3 Å². The van der Waals surface area contributed by atoms with E-state index in [0.29, 0.717) is 192 Å². The Hall–Kier alpha value is -13.0. The van der Waals surface area contributed by atoms with Gasteiger partial charge in [-0.1, -0.05) is 65.1 Å². The molecule has 12 heterocycles. The number of methoxy groups -OCH3 is 3. The molecule has 138 heavy (non-hydrogen) atoms. The van der Waals surface area contributed by atoms with E-state index in [-0.39, 0.29) is 111 Å². The van der Waals surface area contributed by atoms with Crippen LogP contribution in [0.25, 0.3) is 0 Å². The summed E-state index contributed by atoms with van der Waals surface area (Å²) in [7, 11) is 3.84. The van der Waals surface area contributed by atoms with Crippen LogP contribution < -0.4 is 30.7 Å². The molecular weight excluding hydrogens is 1910 g/mol. The molecule has 6 fully saturated rings. The number of aliphatic hydroxyl groups is 1. The van der Waals surface area contributed by atoms with Crippen LogP contribution in [0.15, 0.2) is 193 Å². The minimum atomic E-state index is -1.22. The summed E-state index contributed by atoms with van der Waals surface area (Å²) in [5.74, 6) is -4.08. The monoisotopic (exact) mass is 2000 g/mol. The molecule has 32 nitrogen and oxygen atoms in total. The van der Waals surface area contributed by atoms with Crippen LogP contribution >= 0.6 is 68.8 Å². The summed E-state index contributed by atoms with van der Waals surface area (Å²) in [6, 6.07) is 23.9. The SMILES string of the molecule is COC(=O)C1=C(CN2CCN3C(=O)N(c4cc(F)cc(CCC(C)=O)c4)C[C@@H]3C2)NC(c2nccs2)=N[C@H]1c1ccc(F)cc1Cl.COC(=O)C1=C(CN2CCN3C(=O)N(c4ccc(C(C)(C)C(=O)O)cc4C#N)C[C@@H]3C2)NC(c2nccs2)=N[C@H]1c1ccc(F)cc1Cl.COC(=O)C1=C(CN2CCN3C(=O)N(c4ccc(CCO)cc4F)C[C@@H]3C2)NC(c2nccs2)=N[C@H]1c1ccc(F)cc1Cl. The first kappa shape index (κ1) is 98.1. The van der Waals surface area contributed by atoms with Crippen molar-refractivity contribution < 1.29 is 84.7 Å². The Balaban J connectivity index is 0.000000150. The van der Waals surface area contributed by atoms with Crippen molar-refractivity contribution in [1.82, 2.24) is 60.3 Å². The molecule has 5 N–H and O–H groups in total. The molecule has 6 aromatic carbocycles. The number of esters is 3. The highest BCUT2D eigenvalue weighted by Gasteiger charge is 2.48. The molecule has 9 aliphatic heterocycles. The second kappa shape index (κ2) is 42.2. The summed E-state index contributed by atoms with van der Waals surface area (Å²) in [6.45, 7) is 10.4. The molecule has 0 saturated carbocycles. The van der Waals surface area contributed by atoms with Gasteiger partial charge in [0.15, 0.2) is 32.5 Å². The molecule has 0 radical (unpaired) electrons. The molecule has 718 valence electrons. The number of aliphatic imine (C=N–C) groups is 3. The minimum Gasteiger partial charge on any atom is -0.481 e. The number of hydrogen-bond acceptors (Lipinski definition) is 28. The van der Waals surface area contributed by atoms with Crippen LogP contribution in [0.2, 0.25) is 15.1 Å². The first-order chi connectivity index (χ1) is 66.3. The number of piperazine rings is 3. The number of anilines is 3. The number of urea groups is 3. The number of aliphatic hydroxyl groups excluding tert-OH is 1. The summed E-state index contributed by atoms with van der Waals surface area (Å²) < 4.78 is 87.0. The van der Waals surface area contributed by atoms with Crippen molar-refractivity contribution in [1.29, 1.82) is 5.26 Å². The molecule has 0 aliphatic carbocycles. The molecule has 0 spiro atoms. The number of hydrogen-bond donors (Lipinski definition) is 5. The van der Waals surface area contributed by atoms with Gasteiger partial charge < -0.3 is 59.9 Å². The third-order valence-electron chi connectivity index (χ3n) is 25.1. The number of ether oxygens (including phenoxy) is 3. The molecule has 6 saturated heterocycles. The number of fused-ring (bicyclic) bond motifs is 3. The van der Waals surface area contributed by atoms with Crippen LogP contribution in [0.3, 0.4) is 0 Å². The van der Waals surface area contributed by atoms with Gasteiger partial charge in [-0.05, 0) is 129 Å². The number of carboxylic acid groups (broad SMARTS) is 1. The maximum atomic E-state index is 15.0. The third kappa shape index (κ3) is 20.9. The molecule has 3 aromatic heterocycles. The van der Waals surface area contributed by atoms with Crippen LogP contribution in [0.4, 0.5) is 53.4 Å². The Morgan fingerprint density at radius 3 is 1.25 bits per heavy atom. The van der Waals surface area contributed by atoms with Gasteiger partial charge >= 0.3 is 42.0 Å². The quantitative estimate of drug-likeness (QED) is 0.0201. The van der Waals surface area contributed by atoms with Crippen LogP contribution in [-0.4, -0.2) is 264 Å². The first-order valence-corrected chi connectivity index (χ1v) is 47.5. The van der Waals surface area contributed by atoms with Gasteiger partial charge in [0.2, 0.25) is 0 Å². The minimum absolute atomic E-state index is 0.00957. The van der Waals surface area contributed by atoms with Crippen molar-refractivity contribution in [2.45, 2.75) is 81.7 Å². The number of amidine groups is 3. The zero-order valence-electron chi connectivity index (χ0n) is 75.0. The maximum absolute atomic E-state index is 15.0. The number of Topliss-reactive ketones (excluding diaryl/α,β-unsaturated/α-hetero) is 1. The van der Waals surface area contributed by atoms with Crippen molar-refractivity contribution in [3.63, 3.8) is 0 Å². The molecule has 9 aliphatic rings. The number of nitrogens with zero attached hydrogens (tertiary/aromatic N) is 16. The van der Waals surface area contributed by atoms with E-state index in [0.717, 1.165) is 0 Å². The predicted molar refractivity (Wildman–Crippen MR) is 508 cm³/mol. The lowest BCUT2D eigenvalue weighted by atomic mass is 9.84. The fourth-order valence-corrected chi connectivity index (χ4v) is 20.7. The van der Waals surface area contributed by atoms with Crippen molar-refractivity contribution in [2.75, 3.05) is 141 Å². The second-order valence-electron chi connectivity index (χ2n) is 34.2. The number of thiazole rings is 3. The molecule has 0 bridgehead atoms. The summed E-state index contributed by atoms with van der Waals surface area (Å²) in [4.78, 5) is 147. The van der Waals surface area contributed by atoms with E-state index in [9.17, 15) is 75.8 Å². The van der Waals surface area contributed by atoms with E-state index in [1.54, 1.807) is 92.6 Å². The summed E-state index contributed by atoms with van der Waals surface area (Å²) in [6.07, 6.45) is 5.95. The number of carbonyl (C=O) groups excluding carboxylic acids is 7. The smallest absolute Gasteiger partial charge is 0.338 e. The van der Waals surface area contributed by atoms with Gasteiger partial charge in [-0.2, -0.15) is 5.26 Å². The second-order valence-corrected chi connectivity index (χ2v) is 38.1. The first-order valence-electron chi connectivity index (χ1n) is 43.7. The number of ketones is 1. The highest BCUT2D eigenvalue weighted by molar-refractivity contribution is 7.12. The van der Waals surface area contributed by atoms with Crippen LogP contribution in [0.5, 0.6) is 0 Å². The van der Waals surface area contributed by atoms with Crippen LogP contribution in [-0.2, 0) is 56.4 Å². The molecule has 6 atom stereocenters. The van der Waals surface area contributed by atoms with E-state index in [2.05, 4.69) is 51.7 Å². The van der Waals surface area contributed by atoms with Gasteiger partial charge in [0.25, 0.3) is 0 Å². The van der Waals surface area contributed by atoms with Gasteiger partial charge in [0, 0.05) is 200 Å². The molecule has 9 aromatic rings. The van der Waals surface area contributed by atoms with E-state index < -0.39 is 76.5 Å². The van der Waals surface area contributed by atoms with Gasteiger partial charge in [0.1, 0.15) is 59.1 Å².